The van der Waals surface area contributed by atoms with Gasteiger partial charge >= 0.3 is 5.97 Å². The number of hydrogen-bond acceptors (Lipinski definition) is 4. The predicted octanol–water partition coefficient (Wildman–Crippen LogP) is 1.37. The summed E-state index contributed by atoms with van der Waals surface area (Å²) < 4.78 is 0. The van der Waals surface area contributed by atoms with Gasteiger partial charge in [-0.3, -0.25) is 14.5 Å². The van der Waals surface area contributed by atoms with Crippen molar-refractivity contribution in [3.8, 4) is 0 Å². The van der Waals surface area contributed by atoms with Gasteiger partial charge in [0.05, 0.1) is 0 Å². The molecule has 0 bridgehead atoms. The van der Waals surface area contributed by atoms with Gasteiger partial charge in [0.15, 0.2) is 0 Å². The van der Waals surface area contributed by atoms with E-state index in [-0.39, 0.29) is 5.91 Å². The summed E-state index contributed by atoms with van der Waals surface area (Å²) in [6, 6.07) is 8.22. The molecule has 2 rings (SSSR count). The summed E-state index contributed by atoms with van der Waals surface area (Å²) in [6.45, 7) is 3.15. The lowest BCUT2D eigenvalue weighted by atomic mass is 10.0. The van der Waals surface area contributed by atoms with Gasteiger partial charge in [-0.15, -0.1) is 0 Å². The molecule has 2 N–H and O–H groups in total. The van der Waals surface area contributed by atoms with Crippen molar-refractivity contribution in [3.05, 3.63) is 35.9 Å². The molecular weight excluding hydrogens is 288 g/mol. The van der Waals surface area contributed by atoms with Crippen LogP contribution in [0.3, 0.4) is 0 Å². The smallest absolute Gasteiger partial charge is 0.325 e. The van der Waals surface area contributed by atoms with E-state index in [2.05, 4.69) is 10.2 Å². The third-order valence-corrected chi connectivity index (χ3v) is 4.45. The van der Waals surface area contributed by atoms with Crippen molar-refractivity contribution in [1.29, 1.82) is 0 Å². The highest BCUT2D eigenvalue weighted by Gasteiger charge is 2.30. The summed E-state index contributed by atoms with van der Waals surface area (Å²) in [4.78, 5) is 25.6. The maximum absolute atomic E-state index is 12.5. The molecule has 21 heavy (non-hydrogen) atoms. The van der Waals surface area contributed by atoms with Crippen LogP contribution in [0.5, 0.6) is 0 Å². The van der Waals surface area contributed by atoms with Crippen molar-refractivity contribution in [2.75, 3.05) is 24.6 Å². The van der Waals surface area contributed by atoms with Crippen molar-refractivity contribution in [3.63, 3.8) is 0 Å². The SMILES string of the molecule is CC(NC(=O)C(c1ccccc1)N1CCSCC1)C(=O)O. The third kappa shape index (κ3) is 4.22. The molecule has 0 aliphatic carbocycles. The van der Waals surface area contributed by atoms with Crippen molar-refractivity contribution in [2.24, 2.45) is 0 Å². The first kappa shape index (κ1) is 15.9. The van der Waals surface area contributed by atoms with Crippen LogP contribution in [0.15, 0.2) is 30.3 Å². The first-order valence-corrected chi connectivity index (χ1v) is 8.15. The Labute approximate surface area is 128 Å². The van der Waals surface area contributed by atoms with E-state index in [1.165, 1.54) is 6.92 Å². The van der Waals surface area contributed by atoms with Crippen LogP contribution in [-0.2, 0) is 9.59 Å². The lowest BCUT2D eigenvalue weighted by molar-refractivity contribution is -0.142. The zero-order valence-corrected chi connectivity index (χ0v) is 12.8. The number of carboxylic acid groups (broad SMARTS) is 1. The fourth-order valence-electron chi connectivity index (χ4n) is 2.35. The number of amides is 1. The first-order valence-electron chi connectivity index (χ1n) is 6.99. The number of aliphatic carboxylic acids is 1. The van der Waals surface area contributed by atoms with E-state index in [0.29, 0.717) is 0 Å². The highest BCUT2D eigenvalue weighted by molar-refractivity contribution is 7.99. The normalized spacial score (nSPS) is 18.7. The summed E-state index contributed by atoms with van der Waals surface area (Å²) in [7, 11) is 0. The van der Waals surface area contributed by atoms with E-state index in [0.717, 1.165) is 30.2 Å². The van der Waals surface area contributed by atoms with Crippen LogP contribution in [0.1, 0.15) is 18.5 Å². The van der Waals surface area contributed by atoms with Gasteiger partial charge in [0.1, 0.15) is 12.1 Å². The van der Waals surface area contributed by atoms with Gasteiger partial charge in [-0.25, -0.2) is 0 Å². The molecule has 5 nitrogen and oxygen atoms in total. The number of carbonyl (C=O) groups is 2. The van der Waals surface area contributed by atoms with E-state index in [4.69, 9.17) is 5.11 Å². The van der Waals surface area contributed by atoms with Gasteiger partial charge in [-0.05, 0) is 12.5 Å². The molecule has 1 aromatic rings. The molecule has 2 atom stereocenters. The van der Waals surface area contributed by atoms with E-state index >= 15 is 0 Å². The number of hydrogen-bond donors (Lipinski definition) is 2. The quantitative estimate of drug-likeness (QED) is 0.860. The molecule has 2 unspecified atom stereocenters. The molecule has 0 aromatic heterocycles. The molecule has 1 saturated heterocycles. The van der Waals surface area contributed by atoms with Crippen LogP contribution < -0.4 is 5.32 Å². The monoisotopic (exact) mass is 308 g/mol. The number of thioether (sulfide) groups is 1. The molecular formula is C15H20N2O3S. The lowest BCUT2D eigenvalue weighted by Crippen LogP contribution is -2.48. The second-order valence-corrected chi connectivity index (χ2v) is 6.25. The van der Waals surface area contributed by atoms with Gasteiger partial charge in [-0.2, -0.15) is 11.8 Å². The second kappa shape index (κ2) is 7.47. The van der Waals surface area contributed by atoms with Gasteiger partial charge in [0.25, 0.3) is 0 Å². The summed E-state index contributed by atoms with van der Waals surface area (Å²) in [5.74, 6) is 0.711. The molecule has 0 saturated carbocycles. The Morgan fingerprint density at radius 2 is 1.86 bits per heavy atom. The minimum Gasteiger partial charge on any atom is -0.480 e. The van der Waals surface area contributed by atoms with Gasteiger partial charge in [-0.1, -0.05) is 30.3 Å². The van der Waals surface area contributed by atoms with Gasteiger partial charge in [0.2, 0.25) is 5.91 Å². The van der Waals surface area contributed by atoms with Gasteiger partial charge in [0, 0.05) is 24.6 Å². The van der Waals surface area contributed by atoms with Crippen LogP contribution >= 0.6 is 11.8 Å². The predicted molar refractivity (Wildman–Crippen MR) is 83.3 cm³/mol. The molecule has 1 aliphatic heterocycles. The summed E-state index contributed by atoms with van der Waals surface area (Å²) in [6.07, 6.45) is 0. The van der Waals surface area contributed by atoms with Crippen LogP contribution in [0.2, 0.25) is 0 Å². The highest BCUT2D eigenvalue weighted by Crippen LogP contribution is 2.24. The number of benzene rings is 1. The molecule has 1 amide bonds. The standard InChI is InChI=1S/C15H20N2O3S/c1-11(15(19)20)16-14(18)13(12-5-3-2-4-6-12)17-7-9-21-10-8-17/h2-6,11,13H,7-10H2,1H3,(H,16,18)(H,19,20). The fraction of sp³-hybridized carbons (Fsp3) is 0.467. The topological polar surface area (TPSA) is 69.6 Å². The lowest BCUT2D eigenvalue weighted by Gasteiger charge is -2.34. The average Bonchev–Trinajstić information content (AvgIpc) is 2.49. The number of carboxylic acids is 1. The largest absolute Gasteiger partial charge is 0.480 e. The molecule has 114 valence electrons. The number of nitrogens with one attached hydrogen (secondary N) is 1. The Morgan fingerprint density at radius 1 is 1.24 bits per heavy atom. The molecule has 1 heterocycles. The van der Waals surface area contributed by atoms with E-state index in [1.807, 2.05) is 42.1 Å². The van der Waals surface area contributed by atoms with E-state index < -0.39 is 18.1 Å². The van der Waals surface area contributed by atoms with Crippen LogP contribution in [-0.4, -0.2) is 52.5 Å². The Kier molecular flexibility index (Phi) is 5.64. The Hall–Kier alpha value is -1.53. The number of carbonyl (C=O) groups excluding carboxylic acids is 1. The van der Waals surface area contributed by atoms with Crippen LogP contribution in [0.4, 0.5) is 0 Å². The van der Waals surface area contributed by atoms with Crippen molar-refractivity contribution in [1.82, 2.24) is 10.2 Å². The maximum Gasteiger partial charge on any atom is 0.325 e. The Morgan fingerprint density at radius 3 is 2.43 bits per heavy atom. The van der Waals surface area contributed by atoms with Crippen molar-refractivity contribution in [2.45, 2.75) is 19.0 Å². The molecule has 1 fully saturated rings. The van der Waals surface area contributed by atoms with E-state index in [9.17, 15) is 9.59 Å². The summed E-state index contributed by atoms with van der Waals surface area (Å²) >= 11 is 1.87. The summed E-state index contributed by atoms with van der Waals surface area (Å²) in [5, 5.41) is 11.6. The second-order valence-electron chi connectivity index (χ2n) is 5.03. The van der Waals surface area contributed by atoms with Crippen molar-refractivity contribution >= 4 is 23.6 Å². The minimum absolute atomic E-state index is 0.247. The highest BCUT2D eigenvalue weighted by atomic mass is 32.2. The zero-order valence-electron chi connectivity index (χ0n) is 12.0. The van der Waals surface area contributed by atoms with Crippen LogP contribution in [0, 0.1) is 0 Å². The number of nitrogens with zero attached hydrogens (tertiary/aromatic N) is 1. The first-order chi connectivity index (χ1) is 10.1. The Bertz CT molecular complexity index is 489. The third-order valence-electron chi connectivity index (χ3n) is 3.50. The number of rotatable bonds is 5. The summed E-state index contributed by atoms with van der Waals surface area (Å²) in [5.41, 5.74) is 0.902. The van der Waals surface area contributed by atoms with Gasteiger partial charge < -0.3 is 10.4 Å². The molecule has 0 radical (unpaired) electrons. The Balaban J connectivity index is 2.19. The maximum atomic E-state index is 12.5. The molecule has 0 spiro atoms. The molecule has 1 aliphatic rings. The molecule has 6 heteroatoms. The van der Waals surface area contributed by atoms with E-state index in [1.54, 1.807) is 0 Å². The minimum atomic E-state index is -1.02. The fourth-order valence-corrected chi connectivity index (χ4v) is 3.28. The molecule has 1 aromatic carbocycles. The van der Waals surface area contributed by atoms with Crippen molar-refractivity contribution < 1.29 is 14.7 Å². The average molecular weight is 308 g/mol. The van der Waals surface area contributed by atoms with Crippen LogP contribution in [0.25, 0.3) is 0 Å². The zero-order chi connectivity index (χ0) is 15.2.